The van der Waals surface area contributed by atoms with Gasteiger partial charge in [-0.15, -0.1) is 0 Å². The molecule has 1 aliphatic heterocycles. The van der Waals surface area contributed by atoms with Crippen LogP contribution in [0, 0.1) is 12.8 Å². The van der Waals surface area contributed by atoms with E-state index in [1.165, 1.54) is 0 Å². The van der Waals surface area contributed by atoms with Gasteiger partial charge < -0.3 is 10.2 Å². The summed E-state index contributed by atoms with van der Waals surface area (Å²) in [5.41, 5.74) is 2.93. The molecule has 4 rings (SSSR count). The molecular formula is C21H22N4O. The second-order valence-corrected chi connectivity index (χ2v) is 6.86. The predicted molar refractivity (Wildman–Crippen MR) is 104 cm³/mol. The summed E-state index contributed by atoms with van der Waals surface area (Å²) in [7, 11) is 0. The van der Waals surface area contributed by atoms with Gasteiger partial charge >= 0.3 is 0 Å². The van der Waals surface area contributed by atoms with Crippen molar-refractivity contribution in [3.05, 3.63) is 60.4 Å². The summed E-state index contributed by atoms with van der Waals surface area (Å²) in [6, 6.07) is 15.9. The van der Waals surface area contributed by atoms with Gasteiger partial charge in [0.1, 0.15) is 12.1 Å². The molecule has 2 aromatic carbocycles. The Balaban J connectivity index is 1.53. The second kappa shape index (κ2) is 7.12. The average Bonchev–Trinajstić information content (AvgIpc) is 2.67. The summed E-state index contributed by atoms with van der Waals surface area (Å²) in [4.78, 5) is 23.8. The number of carbonyl (C=O) groups excluding carboxylic acids is 1. The Labute approximate surface area is 153 Å². The van der Waals surface area contributed by atoms with Crippen LogP contribution in [0.15, 0.2) is 54.9 Å². The van der Waals surface area contributed by atoms with Crippen LogP contribution in [0.5, 0.6) is 0 Å². The van der Waals surface area contributed by atoms with Gasteiger partial charge in [0.05, 0.1) is 11.4 Å². The van der Waals surface area contributed by atoms with E-state index in [4.69, 9.17) is 0 Å². The van der Waals surface area contributed by atoms with E-state index in [0.29, 0.717) is 6.54 Å². The molecule has 5 nitrogen and oxygen atoms in total. The highest BCUT2D eigenvalue weighted by molar-refractivity contribution is 5.94. The summed E-state index contributed by atoms with van der Waals surface area (Å²) in [6.45, 7) is 3.62. The Bertz CT molecular complexity index is 935. The minimum Gasteiger partial charge on any atom is -0.355 e. The summed E-state index contributed by atoms with van der Waals surface area (Å²) in [5.74, 6) is 0.959. The van der Waals surface area contributed by atoms with Gasteiger partial charge in [0, 0.05) is 24.2 Å². The van der Waals surface area contributed by atoms with Crippen LogP contribution in [0.25, 0.3) is 10.9 Å². The first kappa shape index (κ1) is 16.5. The van der Waals surface area contributed by atoms with Crippen LogP contribution >= 0.6 is 0 Å². The fourth-order valence-corrected chi connectivity index (χ4v) is 3.59. The van der Waals surface area contributed by atoms with Crippen LogP contribution in [0.3, 0.4) is 0 Å². The lowest BCUT2D eigenvalue weighted by Gasteiger charge is -2.33. The van der Waals surface area contributed by atoms with E-state index in [9.17, 15) is 4.79 Å². The number of benzene rings is 2. The fraction of sp³-hybridized carbons (Fsp3) is 0.286. The highest BCUT2D eigenvalue weighted by Crippen LogP contribution is 2.28. The summed E-state index contributed by atoms with van der Waals surface area (Å²) >= 11 is 0. The Morgan fingerprint density at radius 1 is 1.15 bits per heavy atom. The molecule has 1 aromatic heterocycles. The minimum atomic E-state index is -0.0435. The molecule has 5 heteroatoms. The Morgan fingerprint density at radius 3 is 2.92 bits per heavy atom. The van der Waals surface area contributed by atoms with Crippen LogP contribution in [-0.4, -0.2) is 29.0 Å². The van der Waals surface area contributed by atoms with E-state index in [2.05, 4.69) is 20.2 Å². The monoisotopic (exact) mass is 346 g/mol. The van der Waals surface area contributed by atoms with E-state index in [1.807, 2.05) is 55.5 Å². The summed E-state index contributed by atoms with van der Waals surface area (Å²) < 4.78 is 0. The predicted octanol–water partition coefficient (Wildman–Crippen LogP) is 3.79. The van der Waals surface area contributed by atoms with Crippen LogP contribution < -0.4 is 10.2 Å². The quantitative estimate of drug-likeness (QED) is 0.784. The molecule has 1 N–H and O–H groups in total. The molecule has 0 aliphatic carbocycles. The molecule has 1 saturated heterocycles. The van der Waals surface area contributed by atoms with Crippen LogP contribution in [0.1, 0.15) is 18.4 Å². The Morgan fingerprint density at radius 2 is 2.04 bits per heavy atom. The Hall–Kier alpha value is -2.95. The van der Waals surface area contributed by atoms with Crippen molar-refractivity contribution in [2.75, 3.05) is 23.3 Å². The number of rotatable bonds is 3. The van der Waals surface area contributed by atoms with Crippen molar-refractivity contribution in [1.29, 1.82) is 0 Å². The van der Waals surface area contributed by atoms with Gasteiger partial charge in [0.2, 0.25) is 5.91 Å². The molecular weight excluding hydrogens is 324 g/mol. The molecule has 0 spiro atoms. The molecule has 0 radical (unpaired) electrons. The van der Waals surface area contributed by atoms with Crippen molar-refractivity contribution >= 4 is 28.3 Å². The molecule has 1 unspecified atom stereocenters. The maximum absolute atomic E-state index is 12.7. The molecule has 1 fully saturated rings. The van der Waals surface area contributed by atoms with Gasteiger partial charge in [0.25, 0.3) is 0 Å². The van der Waals surface area contributed by atoms with Crippen molar-refractivity contribution in [2.24, 2.45) is 5.92 Å². The summed E-state index contributed by atoms with van der Waals surface area (Å²) in [5, 5.41) is 4.10. The zero-order valence-electron chi connectivity index (χ0n) is 14.9. The average molecular weight is 346 g/mol. The van der Waals surface area contributed by atoms with Gasteiger partial charge in [-0.3, -0.25) is 4.79 Å². The molecule has 0 bridgehead atoms. The standard InChI is InChI=1S/C21H22N4O/c1-15-6-4-8-17(12-15)24-21(26)16-7-5-11-25(13-16)20-18-9-2-3-10-19(18)22-14-23-20/h2-4,6,8-10,12,14,16H,5,7,11,13H2,1H3,(H,24,26). The van der Waals surface area contributed by atoms with Gasteiger partial charge in [-0.1, -0.05) is 24.3 Å². The molecule has 0 saturated carbocycles. The van der Waals surface area contributed by atoms with Crippen molar-refractivity contribution < 1.29 is 4.79 Å². The minimum absolute atomic E-state index is 0.0435. The first-order chi connectivity index (χ1) is 12.7. The third-order valence-electron chi connectivity index (χ3n) is 4.90. The zero-order valence-corrected chi connectivity index (χ0v) is 14.9. The number of aryl methyl sites for hydroxylation is 1. The first-order valence-corrected chi connectivity index (χ1v) is 9.03. The smallest absolute Gasteiger partial charge is 0.229 e. The van der Waals surface area contributed by atoms with E-state index < -0.39 is 0 Å². The van der Waals surface area contributed by atoms with Crippen molar-refractivity contribution in [1.82, 2.24) is 9.97 Å². The lowest BCUT2D eigenvalue weighted by atomic mass is 9.96. The number of amides is 1. The molecule has 1 amide bonds. The van der Waals surface area contributed by atoms with E-state index >= 15 is 0 Å². The SMILES string of the molecule is Cc1cccc(NC(=O)C2CCCN(c3ncnc4ccccc34)C2)c1. The number of carbonyl (C=O) groups is 1. The zero-order chi connectivity index (χ0) is 17.9. The Kier molecular flexibility index (Phi) is 4.52. The van der Waals surface area contributed by atoms with E-state index in [0.717, 1.165) is 47.4 Å². The number of hydrogen-bond donors (Lipinski definition) is 1. The van der Waals surface area contributed by atoms with Gasteiger partial charge in [-0.25, -0.2) is 9.97 Å². The third kappa shape index (κ3) is 3.38. The molecule has 1 aliphatic rings. The molecule has 132 valence electrons. The maximum atomic E-state index is 12.7. The third-order valence-corrected chi connectivity index (χ3v) is 4.90. The highest BCUT2D eigenvalue weighted by atomic mass is 16.1. The molecule has 1 atom stereocenters. The normalized spacial score (nSPS) is 17.3. The first-order valence-electron chi connectivity index (χ1n) is 9.03. The lowest BCUT2D eigenvalue weighted by molar-refractivity contribution is -0.120. The topological polar surface area (TPSA) is 58.1 Å². The number of anilines is 2. The van der Waals surface area contributed by atoms with Crippen LogP contribution in [-0.2, 0) is 4.79 Å². The van der Waals surface area contributed by atoms with Gasteiger partial charge in [-0.2, -0.15) is 0 Å². The van der Waals surface area contributed by atoms with Crippen molar-refractivity contribution in [3.8, 4) is 0 Å². The molecule has 26 heavy (non-hydrogen) atoms. The largest absolute Gasteiger partial charge is 0.355 e. The number of aromatic nitrogens is 2. The summed E-state index contributed by atoms with van der Waals surface area (Å²) in [6.07, 6.45) is 3.48. The van der Waals surface area contributed by atoms with Gasteiger partial charge in [0.15, 0.2) is 0 Å². The highest BCUT2D eigenvalue weighted by Gasteiger charge is 2.27. The number of nitrogens with one attached hydrogen (secondary N) is 1. The van der Waals surface area contributed by atoms with Gasteiger partial charge in [-0.05, 0) is 49.6 Å². The number of piperidine rings is 1. The van der Waals surface area contributed by atoms with E-state index in [-0.39, 0.29) is 11.8 Å². The van der Waals surface area contributed by atoms with Crippen LogP contribution in [0.2, 0.25) is 0 Å². The molecule has 3 aromatic rings. The number of fused-ring (bicyclic) bond motifs is 1. The molecule has 2 heterocycles. The number of nitrogens with zero attached hydrogens (tertiary/aromatic N) is 3. The number of hydrogen-bond acceptors (Lipinski definition) is 4. The number of para-hydroxylation sites is 1. The van der Waals surface area contributed by atoms with Crippen LogP contribution in [0.4, 0.5) is 11.5 Å². The van der Waals surface area contributed by atoms with Crippen molar-refractivity contribution in [3.63, 3.8) is 0 Å². The fourth-order valence-electron chi connectivity index (χ4n) is 3.59. The lowest BCUT2D eigenvalue weighted by Crippen LogP contribution is -2.41. The second-order valence-electron chi connectivity index (χ2n) is 6.86. The van der Waals surface area contributed by atoms with E-state index in [1.54, 1.807) is 6.33 Å². The maximum Gasteiger partial charge on any atom is 0.229 e. The van der Waals surface area contributed by atoms with Crippen molar-refractivity contribution in [2.45, 2.75) is 19.8 Å².